The molecule has 3 rings (SSSR count). The molecule has 0 saturated carbocycles. The minimum absolute atomic E-state index is 0. The van der Waals surface area contributed by atoms with E-state index in [2.05, 4.69) is 40.8 Å². The van der Waals surface area contributed by atoms with E-state index in [1.54, 1.807) is 6.20 Å². The fourth-order valence-electron chi connectivity index (χ4n) is 2.45. The van der Waals surface area contributed by atoms with Crippen LogP contribution < -0.4 is 5.32 Å². The van der Waals surface area contributed by atoms with Crippen molar-refractivity contribution in [1.82, 2.24) is 15.1 Å². The van der Waals surface area contributed by atoms with Crippen molar-refractivity contribution in [2.45, 2.75) is 19.6 Å². The summed E-state index contributed by atoms with van der Waals surface area (Å²) in [5.41, 5.74) is 4.30. The molecule has 2 aromatic carbocycles. The van der Waals surface area contributed by atoms with Gasteiger partial charge in [0.2, 0.25) is 0 Å². The highest BCUT2D eigenvalue weighted by atomic mass is 35.5. The number of hydrogen-bond acceptors (Lipinski definition) is 3. The zero-order valence-electron chi connectivity index (χ0n) is 13.2. The van der Waals surface area contributed by atoms with Crippen LogP contribution in [0.5, 0.6) is 0 Å². The molecule has 0 saturated heterocycles. The molecule has 122 valence electrons. The lowest BCUT2D eigenvalue weighted by Gasteiger charge is -2.07. The summed E-state index contributed by atoms with van der Waals surface area (Å²) in [7, 11) is 0. The first-order chi connectivity index (χ1) is 11.3. The van der Waals surface area contributed by atoms with Gasteiger partial charge in [-0.15, -0.1) is 12.4 Å². The zero-order chi connectivity index (χ0) is 15.9. The van der Waals surface area contributed by atoms with Crippen LogP contribution in [0.25, 0.3) is 0 Å². The van der Waals surface area contributed by atoms with E-state index in [-0.39, 0.29) is 12.4 Å². The Kier molecular flexibility index (Phi) is 6.56. The Balaban J connectivity index is 0.00000208. The summed E-state index contributed by atoms with van der Waals surface area (Å²) >= 11 is 0. The average Bonchev–Trinajstić information content (AvgIpc) is 3.10. The summed E-state index contributed by atoms with van der Waals surface area (Å²) in [6.45, 7) is 2.35. The topological polar surface area (TPSA) is 53.6 Å². The summed E-state index contributed by atoms with van der Waals surface area (Å²) in [6.07, 6.45) is 3.75. The third-order valence-corrected chi connectivity index (χ3v) is 3.64. The van der Waals surface area contributed by atoms with Crippen LogP contribution in [0.1, 0.15) is 22.3 Å². The average molecular weight is 339 g/mol. The first-order valence-corrected chi connectivity index (χ1v) is 7.58. The molecule has 1 aromatic heterocycles. The van der Waals surface area contributed by atoms with Crippen molar-refractivity contribution in [1.29, 1.82) is 5.26 Å². The Morgan fingerprint density at radius 1 is 0.958 bits per heavy atom. The Hall–Kier alpha value is -2.61. The number of aromatic nitrogens is 2. The lowest BCUT2D eigenvalue weighted by atomic mass is 10.1. The first-order valence-electron chi connectivity index (χ1n) is 7.58. The molecule has 0 aliphatic rings. The Labute approximate surface area is 148 Å². The smallest absolute Gasteiger partial charge is 0.0991 e. The Morgan fingerprint density at radius 3 is 2.42 bits per heavy atom. The van der Waals surface area contributed by atoms with E-state index in [1.807, 2.05) is 41.2 Å². The van der Waals surface area contributed by atoms with Crippen LogP contribution in [0, 0.1) is 11.3 Å². The summed E-state index contributed by atoms with van der Waals surface area (Å²) < 4.78 is 1.91. The molecule has 0 unspecified atom stereocenters. The van der Waals surface area contributed by atoms with E-state index in [0.717, 1.165) is 25.2 Å². The number of hydrogen-bond donors (Lipinski definition) is 1. The predicted molar refractivity (Wildman–Crippen MR) is 96.7 cm³/mol. The molecule has 0 aliphatic heterocycles. The van der Waals surface area contributed by atoms with E-state index in [0.29, 0.717) is 5.56 Å². The third kappa shape index (κ3) is 4.95. The second-order valence-electron chi connectivity index (χ2n) is 5.44. The van der Waals surface area contributed by atoms with Crippen LogP contribution >= 0.6 is 12.4 Å². The number of halogens is 1. The van der Waals surface area contributed by atoms with Crippen molar-refractivity contribution in [3.05, 3.63) is 89.2 Å². The van der Waals surface area contributed by atoms with Crippen molar-refractivity contribution < 1.29 is 0 Å². The maximum absolute atomic E-state index is 8.91. The molecule has 0 radical (unpaired) electrons. The summed E-state index contributed by atoms with van der Waals surface area (Å²) in [5.74, 6) is 0. The summed E-state index contributed by atoms with van der Waals surface area (Å²) in [5, 5.41) is 16.5. The lowest BCUT2D eigenvalue weighted by molar-refractivity contribution is 0.681. The third-order valence-electron chi connectivity index (χ3n) is 3.64. The van der Waals surface area contributed by atoms with Gasteiger partial charge in [0, 0.05) is 25.5 Å². The Morgan fingerprint density at radius 2 is 1.71 bits per heavy atom. The largest absolute Gasteiger partial charge is 0.309 e. The van der Waals surface area contributed by atoms with E-state index >= 15 is 0 Å². The van der Waals surface area contributed by atoms with Crippen molar-refractivity contribution >= 4 is 12.4 Å². The second-order valence-corrected chi connectivity index (χ2v) is 5.44. The fourth-order valence-corrected chi connectivity index (χ4v) is 2.45. The van der Waals surface area contributed by atoms with Crippen LogP contribution in [0.4, 0.5) is 0 Å². The normalized spacial score (nSPS) is 9.96. The van der Waals surface area contributed by atoms with Gasteiger partial charge in [0.1, 0.15) is 0 Å². The molecule has 0 bridgehead atoms. The molecule has 1 N–H and O–H groups in total. The van der Waals surface area contributed by atoms with Crippen LogP contribution in [0.3, 0.4) is 0 Å². The van der Waals surface area contributed by atoms with Gasteiger partial charge in [-0.05, 0) is 34.9 Å². The molecule has 0 aliphatic carbocycles. The fraction of sp³-hybridized carbons (Fsp3) is 0.158. The molecule has 0 spiro atoms. The molecule has 24 heavy (non-hydrogen) atoms. The van der Waals surface area contributed by atoms with E-state index in [9.17, 15) is 0 Å². The minimum Gasteiger partial charge on any atom is -0.309 e. The van der Waals surface area contributed by atoms with Gasteiger partial charge in [-0.2, -0.15) is 10.4 Å². The van der Waals surface area contributed by atoms with E-state index < -0.39 is 0 Å². The second kappa shape index (κ2) is 8.88. The standard InChI is InChI=1S/C19H18N4.ClH/c20-12-18-3-1-4-19(11-18)14-21-13-16-5-7-17(8-6-16)15-23-10-2-9-22-23;/h1-11,21H,13-15H2;1H. The summed E-state index contributed by atoms with van der Waals surface area (Å²) in [4.78, 5) is 0. The van der Waals surface area contributed by atoms with Crippen LogP contribution in [-0.4, -0.2) is 9.78 Å². The number of nitrogens with zero attached hydrogens (tertiary/aromatic N) is 3. The van der Waals surface area contributed by atoms with Gasteiger partial charge in [0.05, 0.1) is 18.2 Å². The van der Waals surface area contributed by atoms with Crippen LogP contribution in [0.15, 0.2) is 67.0 Å². The molecule has 1 heterocycles. The molecule has 0 atom stereocenters. The van der Waals surface area contributed by atoms with Crippen molar-refractivity contribution in [2.75, 3.05) is 0 Å². The first kappa shape index (κ1) is 17.7. The van der Waals surface area contributed by atoms with Gasteiger partial charge in [-0.25, -0.2) is 0 Å². The lowest BCUT2D eigenvalue weighted by Crippen LogP contribution is -2.12. The quantitative estimate of drug-likeness (QED) is 0.748. The SMILES string of the molecule is Cl.N#Cc1cccc(CNCc2ccc(Cn3cccn3)cc2)c1. The van der Waals surface area contributed by atoms with Crippen molar-refractivity contribution in [2.24, 2.45) is 0 Å². The number of nitrogens with one attached hydrogen (secondary N) is 1. The van der Waals surface area contributed by atoms with Gasteiger partial charge in [-0.1, -0.05) is 36.4 Å². The maximum Gasteiger partial charge on any atom is 0.0991 e. The highest BCUT2D eigenvalue weighted by Gasteiger charge is 1.98. The predicted octanol–water partition coefficient (Wildman–Crippen LogP) is 3.51. The highest BCUT2D eigenvalue weighted by molar-refractivity contribution is 5.85. The molecule has 5 heteroatoms. The number of rotatable bonds is 6. The molecule has 0 amide bonds. The van der Waals surface area contributed by atoms with Crippen LogP contribution in [0.2, 0.25) is 0 Å². The van der Waals surface area contributed by atoms with Gasteiger partial charge in [0.25, 0.3) is 0 Å². The monoisotopic (exact) mass is 338 g/mol. The van der Waals surface area contributed by atoms with Gasteiger partial charge in [0.15, 0.2) is 0 Å². The van der Waals surface area contributed by atoms with Crippen molar-refractivity contribution in [3.63, 3.8) is 0 Å². The van der Waals surface area contributed by atoms with E-state index in [4.69, 9.17) is 5.26 Å². The molecule has 3 aromatic rings. The van der Waals surface area contributed by atoms with Gasteiger partial charge < -0.3 is 5.32 Å². The molecule has 0 fully saturated rings. The number of nitriles is 1. The van der Waals surface area contributed by atoms with Gasteiger partial charge >= 0.3 is 0 Å². The molecular weight excluding hydrogens is 320 g/mol. The minimum atomic E-state index is 0. The Bertz CT molecular complexity index is 789. The van der Waals surface area contributed by atoms with Crippen LogP contribution in [-0.2, 0) is 19.6 Å². The highest BCUT2D eigenvalue weighted by Crippen LogP contribution is 2.07. The molecular formula is C19H19ClN4. The maximum atomic E-state index is 8.91. The summed E-state index contributed by atoms with van der Waals surface area (Å²) in [6, 6.07) is 20.3. The van der Waals surface area contributed by atoms with Gasteiger partial charge in [-0.3, -0.25) is 4.68 Å². The number of benzene rings is 2. The molecule has 4 nitrogen and oxygen atoms in total. The van der Waals surface area contributed by atoms with E-state index in [1.165, 1.54) is 11.1 Å². The zero-order valence-corrected chi connectivity index (χ0v) is 14.0. The van der Waals surface area contributed by atoms with Crippen molar-refractivity contribution in [3.8, 4) is 6.07 Å².